The summed E-state index contributed by atoms with van der Waals surface area (Å²) in [4.78, 5) is 11.4. The van der Waals surface area contributed by atoms with Crippen molar-refractivity contribution in [3.05, 3.63) is 23.8 Å². The molecule has 4 N–H and O–H groups in total. The first-order valence-electron chi connectivity index (χ1n) is 4.55. The molecule has 74 valence electrons. The van der Waals surface area contributed by atoms with Gasteiger partial charge in [-0.1, -0.05) is 6.07 Å². The number of hydrogen-bond donors (Lipinski definition) is 3. The highest BCUT2D eigenvalue weighted by Gasteiger charge is 2.19. The Kier molecular flexibility index (Phi) is 2.13. The summed E-state index contributed by atoms with van der Waals surface area (Å²) in [6, 6.07) is 4.51. The van der Waals surface area contributed by atoms with Gasteiger partial charge in [-0.15, -0.1) is 0 Å². The molecule has 0 aromatic heterocycles. The van der Waals surface area contributed by atoms with Gasteiger partial charge in [0.2, 0.25) is 5.91 Å². The molecule has 0 aliphatic carbocycles. The quantitative estimate of drug-likeness (QED) is 0.563. The highest BCUT2D eigenvalue weighted by Crippen LogP contribution is 2.25. The van der Waals surface area contributed by atoms with Crippen molar-refractivity contribution in [3.63, 3.8) is 0 Å². The fourth-order valence-corrected chi connectivity index (χ4v) is 1.57. The molecule has 4 heteroatoms. The third-order valence-electron chi connectivity index (χ3n) is 2.41. The number of carbonyl (C=O) groups is 1. The third kappa shape index (κ3) is 1.56. The van der Waals surface area contributed by atoms with E-state index < -0.39 is 6.04 Å². The first-order chi connectivity index (χ1) is 6.66. The average molecular weight is 192 g/mol. The molecule has 1 heterocycles. The molecule has 1 aliphatic heterocycles. The van der Waals surface area contributed by atoms with E-state index in [0.29, 0.717) is 12.1 Å². The first kappa shape index (κ1) is 9.02. The molecule has 14 heavy (non-hydrogen) atoms. The minimum Gasteiger partial charge on any atom is -0.508 e. The topological polar surface area (TPSA) is 75.3 Å². The number of nitrogens with two attached hydrogens (primary N) is 1. The summed E-state index contributed by atoms with van der Waals surface area (Å²) < 4.78 is 0. The van der Waals surface area contributed by atoms with Crippen molar-refractivity contribution < 1.29 is 9.90 Å². The number of aryl methyl sites for hydroxylation is 1. The molecular weight excluding hydrogens is 180 g/mol. The Morgan fingerprint density at radius 1 is 1.50 bits per heavy atom. The van der Waals surface area contributed by atoms with E-state index in [1.807, 2.05) is 6.07 Å². The lowest BCUT2D eigenvalue weighted by Crippen LogP contribution is -2.34. The zero-order valence-corrected chi connectivity index (χ0v) is 7.66. The number of carbonyl (C=O) groups excluding carboxylic acids is 1. The Bertz CT molecular complexity index is 376. The minimum absolute atomic E-state index is 0.152. The number of phenolic OH excluding ortho intramolecular Hbond substituents is 1. The number of fused-ring (bicyclic) bond motifs is 1. The van der Waals surface area contributed by atoms with Crippen LogP contribution in [0, 0.1) is 0 Å². The molecule has 1 unspecified atom stereocenters. The van der Waals surface area contributed by atoms with Gasteiger partial charge < -0.3 is 16.2 Å². The van der Waals surface area contributed by atoms with Crippen LogP contribution in [0.4, 0.5) is 5.69 Å². The van der Waals surface area contributed by atoms with E-state index >= 15 is 0 Å². The number of phenols is 1. The second-order valence-electron chi connectivity index (χ2n) is 3.48. The van der Waals surface area contributed by atoms with Crippen molar-refractivity contribution in [2.75, 3.05) is 5.32 Å². The van der Waals surface area contributed by atoms with E-state index in [-0.39, 0.29) is 11.7 Å². The Labute approximate surface area is 81.7 Å². The Morgan fingerprint density at radius 3 is 3.07 bits per heavy atom. The van der Waals surface area contributed by atoms with Crippen molar-refractivity contribution in [2.45, 2.75) is 18.9 Å². The zero-order chi connectivity index (χ0) is 10.1. The average Bonchev–Trinajstić information content (AvgIpc) is 2.27. The summed E-state index contributed by atoms with van der Waals surface area (Å²) in [5.41, 5.74) is 7.31. The molecule has 1 aromatic rings. The SMILES string of the molecule is NC1CCc2ccc(O)cc2NC1=O. The number of nitrogens with one attached hydrogen (secondary N) is 1. The summed E-state index contributed by atoms with van der Waals surface area (Å²) in [5, 5.41) is 11.9. The van der Waals surface area contributed by atoms with Crippen LogP contribution in [-0.4, -0.2) is 17.1 Å². The zero-order valence-electron chi connectivity index (χ0n) is 7.66. The van der Waals surface area contributed by atoms with Gasteiger partial charge in [0.05, 0.1) is 6.04 Å². The fraction of sp³-hybridized carbons (Fsp3) is 0.300. The molecule has 0 fully saturated rings. The second kappa shape index (κ2) is 3.31. The summed E-state index contributed by atoms with van der Waals surface area (Å²) in [6.07, 6.45) is 1.40. The molecule has 1 aliphatic rings. The molecule has 2 rings (SSSR count). The van der Waals surface area contributed by atoms with E-state index in [1.54, 1.807) is 12.1 Å². The monoisotopic (exact) mass is 192 g/mol. The summed E-state index contributed by atoms with van der Waals surface area (Å²) in [6.45, 7) is 0. The van der Waals surface area contributed by atoms with Gasteiger partial charge >= 0.3 is 0 Å². The lowest BCUT2D eigenvalue weighted by molar-refractivity contribution is -0.117. The van der Waals surface area contributed by atoms with Crippen molar-refractivity contribution in [1.82, 2.24) is 0 Å². The normalized spacial score (nSPS) is 20.9. The third-order valence-corrected chi connectivity index (χ3v) is 2.41. The molecule has 1 amide bonds. The number of anilines is 1. The lowest BCUT2D eigenvalue weighted by Gasteiger charge is -2.07. The number of amides is 1. The van der Waals surface area contributed by atoms with Crippen LogP contribution in [0.5, 0.6) is 5.75 Å². The van der Waals surface area contributed by atoms with Gasteiger partial charge in [-0.25, -0.2) is 0 Å². The molecule has 1 atom stereocenters. The number of benzene rings is 1. The van der Waals surface area contributed by atoms with E-state index in [2.05, 4.69) is 5.32 Å². The van der Waals surface area contributed by atoms with E-state index in [9.17, 15) is 9.90 Å². The maximum absolute atomic E-state index is 11.4. The van der Waals surface area contributed by atoms with Crippen LogP contribution in [0.15, 0.2) is 18.2 Å². The highest BCUT2D eigenvalue weighted by atomic mass is 16.3. The number of aromatic hydroxyl groups is 1. The maximum atomic E-state index is 11.4. The predicted molar refractivity (Wildman–Crippen MR) is 53.0 cm³/mol. The van der Waals surface area contributed by atoms with Gasteiger partial charge in [0.1, 0.15) is 5.75 Å². The molecule has 1 aromatic carbocycles. The van der Waals surface area contributed by atoms with E-state index in [1.165, 1.54) is 0 Å². The van der Waals surface area contributed by atoms with Crippen LogP contribution < -0.4 is 11.1 Å². The van der Waals surface area contributed by atoms with E-state index in [0.717, 1.165) is 12.0 Å². The standard InChI is InChI=1S/C10H12N2O2/c11-8-4-2-6-1-3-7(13)5-9(6)12-10(8)14/h1,3,5,8,13H,2,4,11H2,(H,12,14). The van der Waals surface area contributed by atoms with Gasteiger partial charge in [-0.05, 0) is 24.5 Å². The Morgan fingerprint density at radius 2 is 2.29 bits per heavy atom. The Balaban J connectivity index is 2.38. The van der Waals surface area contributed by atoms with Crippen LogP contribution in [0.1, 0.15) is 12.0 Å². The molecule has 0 saturated carbocycles. The molecule has 0 spiro atoms. The van der Waals surface area contributed by atoms with Crippen LogP contribution in [0.2, 0.25) is 0 Å². The van der Waals surface area contributed by atoms with Gasteiger partial charge in [0, 0.05) is 11.8 Å². The summed E-state index contributed by atoms with van der Waals surface area (Å²) in [5.74, 6) is -0.0335. The van der Waals surface area contributed by atoms with Crippen LogP contribution >= 0.6 is 0 Å². The molecule has 0 bridgehead atoms. The van der Waals surface area contributed by atoms with Gasteiger partial charge in [-0.3, -0.25) is 4.79 Å². The molecule has 4 nitrogen and oxygen atoms in total. The minimum atomic E-state index is -0.454. The van der Waals surface area contributed by atoms with Crippen molar-refractivity contribution in [2.24, 2.45) is 5.73 Å². The smallest absolute Gasteiger partial charge is 0.241 e. The van der Waals surface area contributed by atoms with Crippen molar-refractivity contribution in [1.29, 1.82) is 0 Å². The summed E-state index contributed by atoms with van der Waals surface area (Å²) in [7, 11) is 0. The van der Waals surface area contributed by atoms with Gasteiger partial charge in [0.25, 0.3) is 0 Å². The summed E-state index contributed by atoms with van der Waals surface area (Å²) >= 11 is 0. The molecular formula is C10H12N2O2. The fourth-order valence-electron chi connectivity index (χ4n) is 1.57. The van der Waals surface area contributed by atoms with Gasteiger partial charge in [0.15, 0.2) is 0 Å². The van der Waals surface area contributed by atoms with Crippen LogP contribution in [0.3, 0.4) is 0 Å². The van der Waals surface area contributed by atoms with Crippen molar-refractivity contribution >= 4 is 11.6 Å². The second-order valence-corrected chi connectivity index (χ2v) is 3.48. The van der Waals surface area contributed by atoms with Crippen LogP contribution in [-0.2, 0) is 11.2 Å². The van der Waals surface area contributed by atoms with Crippen LogP contribution in [0.25, 0.3) is 0 Å². The van der Waals surface area contributed by atoms with Crippen molar-refractivity contribution in [3.8, 4) is 5.75 Å². The Hall–Kier alpha value is -1.55. The number of rotatable bonds is 0. The highest BCUT2D eigenvalue weighted by molar-refractivity contribution is 5.96. The largest absolute Gasteiger partial charge is 0.508 e. The van der Waals surface area contributed by atoms with Gasteiger partial charge in [-0.2, -0.15) is 0 Å². The first-order valence-corrected chi connectivity index (χ1v) is 4.55. The lowest BCUT2D eigenvalue weighted by atomic mass is 10.1. The molecule has 0 radical (unpaired) electrons. The maximum Gasteiger partial charge on any atom is 0.241 e. The molecule has 0 saturated heterocycles. The number of hydrogen-bond acceptors (Lipinski definition) is 3. The predicted octanol–water partition coefficient (Wildman–Crippen LogP) is 0.604. The van der Waals surface area contributed by atoms with E-state index in [4.69, 9.17) is 5.73 Å².